The van der Waals surface area contributed by atoms with Crippen LogP contribution in [0, 0.1) is 0 Å². The molecule has 4 nitrogen and oxygen atoms in total. The zero-order valence-electron chi connectivity index (χ0n) is 11.9. The lowest BCUT2D eigenvalue weighted by atomic mass is 9.71. The van der Waals surface area contributed by atoms with E-state index in [4.69, 9.17) is 5.11 Å². The van der Waals surface area contributed by atoms with Crippen LogP contribution in [0.1, 0.15) is 24.5 Å². The first-order chi connectivity index (χ1) is 9.99. The Morgan fingerprint density at radius 2 is 1.33 bits per heavy atom. The van der Waals surface area contributed by atoms with Crippen molar-refractivity contribution in [3.8, 4) is 11.5 Å². The number of benzene rings is 2. The van der Waals surface area contributed by atoms with Gasteiger partial charge in [0.05, 0.1) is 12.7 Å². The molecule has 0 bridgehead atoms. The molecule has 0 heterocycles. The van der Waals surface area contributed by atoms with Crippen molar-refractivity contribution in [2.75, 3.05) is 6.61 Å². The normalized spacial score (nSPS) is 13.1. The highest BCUT2D eigenvalue weighted by Crippen LogP contribution is 2.43. The molecular weight excluding hydrogens is 268 g/mol. The SMILES string of the molecule is CC(CC(O)CO)(c1ccccc1O)c1ccccc1O. The second kappa shape index (κ2) is 6.16. The van der Waals surface area contributed by atoms with E-state index in [1.807, 2.05) is 6.92 Å². The Balaban J connectivity index is 2.60. The first-order valence-corrected chi connectivity index (χ1v) is 6.85. The first-order valence-electron chi connectivity index (χ1n) is 6.85. The molecule has 1 unspecified atom stereocenters. The monoisotopic (exact) mass is 288 g/mol. The summed E-state index contributed by atoms with van der Waals surface area (Å²) in [5.41, 5.74) is 0.372. The summed E-state index contributed by atoms with van der Waals surface area (Å²) in [7, 11) is 0. The Labute approximate surface area is 123 Å². The molecule has 4 N–H and O–H groups in total. The number of phenols is 2. The summed E-state index contributed by atoms with van der Waals surface area (Å²) in [5, 5.41) is 39.4. The summed E-state index contributed by atoms with van der Waals surface area (Å²) in [4.78, 5) is 0. The maximum absolute atomic E-state index is 10.2. The lowest BCUT2D eigenvalue weighted by molar-refractivity contribution is 0.0742. The molecule has 0 aliphatic rings. The minimum atomic E-state index is -0.950. The minimum Gasteiger partial charge on any atom is -0.508 e. The van der Waals surface area contributed by atoms with Crippen molar-refractivity contribution in [2.45, 2.75) is 24.9 Å². The Bertz CT molecular complexity index is 564. The van der Waals surface area contributed by atoms with Crippen LogP contribution in [-0.4, -0.2) is 33.1 Å². The predicted molar refractivity (Wildman–Crippen MR) is 80.4 cm³/mol. The Morgan fingerprint density at radius 1 is 0.905 bits per heavy atom. The van der Waals surface area contributed by atoms with Crippen LogP contribution in [0.5, 0.6) is 11.5 Å². The molecule has 0 fully saturated rings. The maximum atomic E-state index is 10.2. The number of hydrogen-bond donors (Lipinski definition) is 4. The molecular formula is C17H20O4. The van der Waals surface area contributed by atoms with Gasteiger partial charge >= 0.3 is 0 Å². The topological polar surface area (TPSA) is 80.9 Å². The van der Waals surface area contributed by atoms with E-state index in [0.717, 1.165) is 0 Å². The van der Waals surface area contributed by atoms with Crippen LogP contribution in [0.15, 0.2) is 48.5 Å². The highest BCUT2D eigenvalue weighted by molar-refractivity contribution is 5.50. The molecule has 0 spiro atoms. The summed E-state index contributed by atoms with van der Waals surface area (Å²) < 4.78 is 0. The summed E-state index contributed by atoms with van der Waals surface area (Å²) in [6, 6.07) is 13.7. The Hall–Kier alpha value is -2.04. The Kier molecular flexibility index (Phi) is 4.50. The summed E-state index contributed by atoms with van der Waals surface area (Å²) in [6.07, 6.45) is -0.771. The summed E-state index contributed by atoms with van der Waals surface area (Å²) >= 11 is 0. The van der Waals surface area contributed by atoms with Gasteiger partial charge in [-0.25, -0.2) is 0 Å². The average Bonchev–Trinajstić information content (AvgIpc) is 2.47. The zero-order valence-corrected chi connectivity index (χ0v) is 11.9. The van der Waals surface area contributed by atoms with Crippen molar-refractivity contribution < 1.29 is 20.4 Å². The van der Waals surface area contributed by atoms with Gasteiger partial charge in [0.25, 0.3) is 0 Å². The van der Waals surface area contributed by atoms with E-state index < -0.39 is 11.5 Å². The standard InChI is InChI=1S/C17H20O4/c1-17(10-12(19)11-18,13-6-2-4-8-15(13)20)14-7-3-5-9-16(14)21/h2-9,12,18-21H,10-11H2,1H3. The van der Waals surface area contributed by atoms with Gasteiger partial charge in [0.2, 0.25) is 0 Å². The van der Waals surface area contributed by atoms with E-state index in [0.29, 0.717) is 11.1 Å². The number of aliphatic hydroxyl groups excluding tert-OH is 2. The van der Waals surface area contributed by atoms with Gasteiger partial charge in [-0.1, -0.05) is 43.3 Å². The van der Waals surface area contributed by atoms with Gasteiger partial charge < -0.3 is 20.4 Å². The van der Waals surface area contributed by atoms with E-state index in [1.54, 1.807) is 48.5 Å². The van der Waals surface area contributed by atoms with Crippen molar-refractivity contribution in [3.05, 3.63) is 59.7 Å². The number of para-hydroxylation sites is 2. The molecule has 0 aliphatic carbocycles. The smallest absolute Gasteiger partial charge is 0.119 e. The molecule has 0 amide bonds. The molecule has 2 aromatic rings. The summed E-state index contributed by atoms with van der Waals surface area (Å²) in [6.45, 7) is 1.45. The molecule has 0 aromatic heterocycles. The van der Waals surface area contributed by atoms with Gasteiger partial charge in [0, 0.05) is 16.5 Å². The third-order valence-corrected chi connectivity index (χ3v) is 3.85. The molecule has 0 saturated heterocycles. The number of rotatable bonds is 5. The molecule has 1 atom stereocenters. The Morgan fingerprint density at radius 3 is 1.71 bits per heavy atom. The van der Waals surface area contributed by atoms with Crippen LogP contribution >= 0.6 is 0 Å². The summed E-state index contributed by atoms with van der Waals surface area (Å²) in [5.74, 6) is 0.182. The van der Waals surface area contributed by atoms with E-state index in [9.17, 15) is 15.3 Å². The van der Waals surface area contributed by atoms with Gasteiger partial charge in [-0.15, -0.1) is 0 Å². The third kappa shape index (κ3) is 3.01. The molecule has 4 heteroatoms. The quantitative estimate of drug-likeness (QED) is 0.679. The van der Waals surface area contributed by atoms with Crippen LogP contribution < -0.4 is 0 Å². The van der Waals surface area contributed by atoms with Gasteiger partial charge in [0.15, 0.2) is 0 Å². The van der Waals surface area contributed by atoms with Crippen LogP contribution in [0.2, 0.25) is 0 Å². The van der Waals surface area contributed by atoms with Gasteiger partial charge in [0.1, 0.15) is 11.5 Å². The lowest BCUT2D eigenvalue weighted by Crippen LogP contribution is -2.31. The van der Waals surface area contributed by atoms with Crippen LogP contribution in [0.3, 0.4) is 0 Å². The highest BCUT2D eigenvalue weighted by Gasteiger charge is 2.35. The average molecular weight is 288 g/mol. The molecule has 21 heavy (non-hydrogen) atoms. The fourth-order valence-corrected chi connectivity index (χ4v) is 2.78. The van der Waals surface area contributed by atoms with Crippen molar-refractivity contribution in [1.82, 2.24) is 0 Å². The molecule has 0 aliphatic heterocycles. The van der Waals surface area contributed by atoms with Gasteiger partial charge in [-0.05, 0) is 18.6 Å². The number of phenolic OH excluding ortho intramolecular Hbond substituents is 2. The third-order valence-electron chi connectivity index (χ3n) is 3.85. The van der Waals surface area contributed by atoms with E-state index in [1.165, 1.54) is 0 Å². The van der Waals surface area contributed by atoms with E-state index in [2.05, 4.69) is 0 Å². The van der Waals surface area contributed by atoms with E-state index in [-0.39, 0.29) is 24.5 Å². The number of hydrogen-bond acceptors (Lipinski definition) is 4. The molecule has 0 radical (unpaired) electrons. The lowest BCUT2D eigenvalue weighted by Gasteiger charge is -2.33. The largest absolute Gasteiger partial charge is 0.508 e. The van der Waals surface area contributed by atoms with Crippen molar-refractivity contribution in [2.24, 2.45) is 0 Å². The van der Waals surface area contributed by atoms with Crippen LogP contribution in [0.25, 0.3) is 0 Å². The van der Waals surface area contributed by atoms with E-state index >= 15 is 0 Å². The maximum Gasteiger partial charge on any atom is 0.119 e. The molecule has 2 aromatic carbocycles. The van der Waals surface area contributed by atoms with Crippen molar-refractivity contribution in [1.29, 1.82) is 0 Å². The van der Waals surface area contributed by atoms with Gasteiger partial charge in [-0.2, -0.15) is 0 Å². The molecule has 112 valence electrons. The van der Waals surface area contributed by atoms with Gasteiger partial charge in [-0.3, -0.25) is 0 Å². The highest BCUT2D eigenvalue weighted by atomic mass is 16.3. The molecule has 2 rings (SSSR count). The first kappa shape index (κ1) is 15.4. The molecule has 0 saturated carbocycles. The number of aliphatic hydroxyl groups is 2. The second-order valence-electron chi connectivity index (χ2n) is 5.41. The van der Waals surface area contributed by atoms with Crippen LogP contribution in [0.4, 0.5) is 0 Å². The van der Waals surface area contributed by atoms with Crippen molar-refractivity contribution in [3.63, 3.8) is 0 Å². The van der Waals surface area contributed by atoms with Crippen molar-refractivity contribution >= 4 is 0 Å². The second-order valence-corrected chi connectivity index (χ2v) is 5.41. The predicted octanol–water partition coefficient (Wildman–Crippen LogP) is 2.15. The van der Waals surface area contributed by atoms with Crippen LogP contribution in [-0.2, 0) is 5.41 Å². The number of aromatic hydroxyl groups is 2. The minimum absolute atomic E-state index is 0.0911. The fourth-order valence-electron chi connectivity index (χ4n) is 2.78. The fraction of sp³-hybridized carbons (Fsp3) is 0.294. The zero-order chi connectivity index (χ0) is 15.5.